The molecule has 0 aliphatic carbocycles. The number of aliphatic carboxylic acids is 1. The Morgan fingerprint density at radius 2 is 2.18 bits per heavy atom. The second kappa shape index (κ2) is 4.81. The average molecular weight is 241 g/mol. The SMILES string of the molecule is Cn1cc(CNC(=O)NC(C)(C)C(=O)O)nn1. The molecule has 1 heterocycles. The highest BCUT2D eigenvalue weighted by Gasteiger charge is 2.28. The van der Waals surface area contributed by atoms with Gasteiger partial charge in [-0.1, -0.05) is 5.21 Å². The molecule has 0 unspecified atom stereocenters. The standard InChI is InChI=1S/C9H15N5O3/c1-9(2,7(15)16)11-8(17)10-4-6-5-14(3)13-12-6/h5H,4H2,1-3H3,(H,15,16)(H2,10,11,17). The zero-order chi connectivity index (χ0) is 13.1. The first-order valence-electron chi connectivity index (χ1n) is 4.96. The van der Waals surface area contributed by atoms with Crippen LogP contribution in [0.3, 0.4) is 0 Å². The van der Waals surface area contributed by atoms with Gasteiger partial charge in [0.1, 0.15) is 11.2 Å². The van der Waals surface area contributed by atoms with Gasteiger partial charge >= 0.3 is 12.0 Å². The highest BCUT2D eigenvalue weighted by molar-refractivity contribution is 5.85. The molecule has 0 aliphatic heterocycles. The maximum absolute atomic E-state index is 11.4. The number of amides is 2. The molecule has 0 fully saturated rings. The minimum Gasteiger partial charge on any atom is -0.480 e. The van der Waals surface area contributed by atoms with Gasteiger partial charge in [0.05, 0.1) is 6.54 Å². The lowest BCUT2D eigenvalue weighted by atomic mass is 10.1. The van der Waals surface area contributed by atoms with Gasteiger partial charge in [-0.25, -0.2) is 9.59 Å². The molecular weight excluding hydrogens is 226 g/mol. The number of carboxylic acid groups (broad SMARTS) is 1. The molecule has 3 N–H and O–H groups in total. The minimum atomic E-state index is -1.31. The molecule has 8 nitrogen and oxygen atoms in total. The summed E-state index contributed by atoms with van der Waals surface area (Å²) >= 11 is 0. The first-order valence-corrected chi connectivity index (χ1v) is 4.96. The largest absolute Gasteiger partial charge is 0.480 e. The van der Waals surface area contributed by atoms with Gasteiger partial charge in [-0.15, -0.1) is 5.10 Å². The zero-order valence-electron chi connectivity index (χ0n) is 9.89. The summed E-state index contributed by atoms with van der Waals surface area (Å²) in [6.45, 7) is 2.99. The van der Waals surface area contributed by atoms with Crippen molar-refractivity contribution < 1.29 is 14.7 Å². The number of urea groups is 1. The molecule has 0 aliphatic rings. The Hall–Kier alpha value is -2.12. The van der Waals surface area contributed by atoms with Crippen molar-refractivity contribution in [3.63, 3.8) is 0 Å². The van der Waals surface area contributed by atoms with Crippen molar-refractivity contribution in [3.05, 3.63) is 11.9 Å². The van der Waals surface area contributed by atoms with Gasteiger partial charge in [0.2, 0.25) is 0 Å². The van der Waals surface area contributed by atoms with Crippen molar-refractivity contribution in [2.45, 2.75) is 25.9 Å². The Kier molecular flexibility index (Phi) is 3.66. The van der Waals surface area contributed by atoms with Gasteiger partial charge in [0, 0.05) is 13.2 Å². The molecule has 0 bridgehead atoms. The summed E-state index contributed by atoms with van der Waals surface area (Å²) in [5, 5.41) is 21.1. The number of aromatic nitrogens is 3. The molecule has 0 aromatic carbocycles. The first-order chi connectivity index (χ1) is 7.81. The maximum atomic E-state index is 11.4. The van der Waals surface area contributed by atoms with Crippen molar-refractivity contribution >= 4 is 12.0 Å². The van der Waals surface area contributed by atoms with E-state index in [4.69, 9.17) is 5.11 Å². The van der Waals surface area contributed by atoms with Gasteiger partial charge in [0.15, 0.2) is 0 Å². The second-order valence-corrected chi connectivity index (χ2v) is 4.12. The number of rotatable bonds is 4. The summed E-state index contributed by atoms with van der Waals surface area (Å²) in [6, 6.07) is -0.567. The summed E-state index contributed by atoms with van der Waals surface area (Å²) in [5.41, 5.74) is -0.720. The maximum Gasteiger partial charge on any atom is 0.328 e. The Morgan fingerprint density at radius 1 is 1.53 bits per heavy atom. The zero-order valence-corrected chi connectivity index (χ0v) is 9.89. The molecule has 1 aromatic rings. The number of carbonyl (C=O) groups is 2. The second-order valence-electron chi connectivity index (χ2n) is 4.12. The van der Waals surface area contributed by atoms with Crippen LogP contribution in [0.4, 0.5) is 4.79 Å². The Balaban J connectivity index is 2.43. The number of carbonyl (C=O) groups excluding carboxylic acids is 1. The topological polar surface area (TPSA) is 109 Å². The van der Waals surface area contributed by atoms with Crippen LogP contribution in [0.2, 0.25) is 0 Å². The fourth-order valence-corrected chi connectivity index (χ4v) is 1.03. The van der Waals surface area contributed by atoms with E-state index >= 15 is 0 Å². The summed E-state index contributed by atoms with van der Waals surface area (Å²) in [6.07, 6.45) is 1.66. The predicted molar refractivity (Wildman–Crippen MR) is 58.1 cm³/mol. The molecule has 8 heteroatoms. The van der Waals surface area contributed by atoms with E-state index < -0.39 is 17.5 Å². The molecule has 0 saturated carbocycles. The van der Waals surface area contributed by atoms with Gasteiger partial charge in [-0.3, -0.25) is 4.68 Å². The number of carboxylic acids is 1. The third-order valence-corrected chi connectivity index (χ3v) is 2.04. The van der Waals surface area contributed by atoms with E-state index in [-0.39, 0.29) is 6.54 Å². The molecule has 17 heavy (non-hydrogen) atoms. The molecule has 1 aromatic heterocycles. The Morgan fingerprint density at radius 3 is 2.65 bits per heavy atom. The van der Waals surface area contributed by atoms with Crippen LogP contribution in [-0.2, 0) is 18.4 Å². The highest BCUT2D eigenvalue weighted by Crippen LogP contribution is 2.01. The van der Waals surface area contributed by atoms with Gasteiger partial charge in [-0.05, 0) is 13.8 Å². The molecule has 1 rings (SSSR count). The first kappa shape index (κ1) is 12.9. The van der Waals surface area contributed by atoms with Gasteiger partial charge < -0.3 is 15.7 Å². The summed E-state index contributed by atoms with van der Waals surface area (Å²) in [5.74, 6) is -1.10. The van der Waals surface area contributed by atoms with Crippen LogP contribution < -0.4 is 10.6 Å². The summed E-state index contributed by atoms with van der Waals surface area (Å²) < 4.78 is 1.51. The fourth-order valence-electron chi connectivity index (χ4n) is 1.03. The minimum absolute atomic E-state index is 0.190. The van der Waals surface area contributed by atoms with Crippen LogP contribution in [0.25, 0.3) is 0 Å². The molecule has 94 valence electrons. The summed E-state index contributed by atoms with van der Waals surface area (Å²) in [7, 11) is 1.71. The van der Waals surface area contributed by atoms with Gasteiger partial charge in [0.25, 0.3) is 0 Å². The number of aryl methyl sites for hydroxylation is 1. The number of hydrogen-bond acceptors (Lipinski definition) is 4. The van der Waals surface area contributed by atoms with Crippen molar-refractivity contribution in [2.75, 3.05) is 0 Å². The van der Waals surface area contributed by atoms with Crippen LogP contribution in [0, 0.1) is 0 Å². The molecule has 0 saturated heterocycles. The van der Waals surface area contributed by atoms with Crippen LogP contribution in [0.1, 0.15) is 19.5 Å². The predicted octanol–water partition coefficient (Wildman–Crippen LogP) is -0.522. The molecule has 0 spiro atoms. The van der Waals surface area contributed by atoms with Crippen LogP contribution in [0.15, 0.2) is 6.20 Å². The quantitative estimate of drug-likeness (QED) is 0.657. The number of nitrogens with zero attached hydrogens (tertiary/aromatic N) is 3. The highest BCUT2D eigenvalue weighted by atomic mass is 16.4. The van der Waals surface area contributed by atoms with E-state index in [1.54, 1.807) is 13.2 Å². The Labute approximate surface area is 98.0 Å². The Bertz CT molecular complexity index is 426. The number of nitrogens with one attached hydrogen (secondary N) is 2. The van der Waals surface area contributed by atoms with Crippen LogP contribution in [0.5, 0.6) is 0 Å². The molecule has 0 radical (unpaired) electrons. The summed E-state index contributed by atoms with van der Waals surface area (Å²) in [4.78, 5) is 22.2. The smallest absolute Gasteiger partial charge is 0.328 e. The van der Waals surface area contributed by atoms with Gasteiger partial charge in [-0.2, -0.15) is 0 Å². The monoisotopic (exact) mass is 241 g/mol. The lowest BCUT2D eigenvalue weighted by molar-refractivity contribution is -0.142. The number of hydrogen-bond donors (Lipinski definition) is 3. The van der Waals surface area contributed by atoms with Crippen molar-refractivity contribution in [1.82, 2.24) is 25.6 Å². The molecular formula is C9H15N5O3. The molecule has 2 amide bonds. The molecule has 0 atom stereocenters. The van der Waals surface area contributed by atoms with Crippen molar-refractivity contribution in [1.29, 1.82) is 0 Å². The van der Waals surface area contributed by atoms with Crippen LogP contribution in [-0.4, -0.2) is 37.6 Å². The van der Waals surface area contributed by atoms with E-state index in [0.29, 0.717) is 5.69 Å². The lowest BCUT2D eigenvalue weighted by Crippen LogP contribution is -2.53. The normalized spacial score (nSPS) is 11.0. The van der Waals surface area contributed by atoms with E-state index in [9.17, 15) is 9.59 Å². The average Bonchev–Trinajstić information content (AvgIpc) is 2.60. The van der Waals surface area contributed by atoms with E-state index in [2.05, 4.69) is 20.9 Å². The lowest BCUT2D eigenvalue weighted by Gasteiger charge is -2.20. The van der Waals surface area contributed by atoms with E-state index in [1.807, 2.05) is 0 Å². The third kappa shape index (κ3) is 3.74. The van der Waals surface area contributed by atoms with E-state index in [0.717, 1.165) is 0 Å². The van der Waals surface area contributed by atoms with Crippen molar-refractivity contribution in [3.8, 4) is 0 Å². The third-order valence-electron chi connectivity index (χ3n) is 2.04. The van der Waals surface area contributed by atoms with Crippen LogP contribution >= 0.6 is 0 Å². The fraction of sp³-hybridized carbons (Fsp3) is 0.556. The van der Waals surface area contributed by atoms with Crippen molar-refractivity contribution in [2.24, 2.45) is 7.05 Å². The van der Waals surface area contributed by atoms with E-state index in [1.165, 1.54) is 18.5 Å².